The number of nitrogens with zero attached hydrogens (tertiary/aromatic N) is 2. The van der Waals surface area contributed by atoms with Crippen molar-refractivity contribution < 1.29 is 4.84 Å². The lowest BCUT2D eigenvalue weighted by Gasteiger charge is -2.07. The van der Waals surface area contributed by atoms with Gasteiger partial charge in [-0.2, -0.15) is 4.98 Å². The zero-order valence-electron chi connectivity index (χ0n) is 8.28. The van der Waals surface area contributed by atoms with E-state index in [4.69, 9.17) is 4.84 Å². The lowest BCUT2D eigenvalue weighted by atomic mass is 10.4. The molecule has 0 atom stereocenters. The second-order valence-electron chi connectivity index (χ2n) is 2.94. The molecule has 77 valence electrons. The summed E-state index contributed by atoms with van der Waals surface area (Å²) in [6.07, 6.45) is 4.67. The maximum Gasteiger partial charge on any atom is 0.382 e. The Morgan fingerprint density at radius 2 is 2.36 bits per heavy atom. The van der Waals surface area contributed by atoms with Crippen LogP contribution in [0.15, 0.2) is 9.82 Å². The minimum atomic E-state index is -0.475. The van der Waals surface area contributed by atoms with Crippen LogP contribution in [0.25, 0.3) is 0 Å². The summed E-state index contributed by atoms with van der Waals surface area (Å²) in [6, 6.07) is 0. The molecule has 0 aliphatic heterocycles. The average molecular weight is 213 g/mol. The second kappa shape index (κ2) is 5.05. The fraction of sp³-hybridized carbons (Fsp3) is 0.556. The SMILES string of the molecule is CCCCOn1[c]c(C)c(S)nc1=O. The predicted molar refractivity (Wildman–Crippen MR) is 55.7 cm³/mol. The molecule has 0 amide bonds. The second-order valence-corrected chi connectivity index (χ2v) is 3.36. The van der Waals surface area contributed by atoms with Gasteiger partial charge in [-0.3, -0.25) is 0 Å². The van der Waals surface area contributed by atoms with E-state index in [-0.39, 0.29) is 0 Å². The van der Waals surface area contributed by atoms with Crippen LogP contribution in [0.1, 0.15) is 25.3 Å². The molecule has 1 aromatic rings. The van der Waals surface area contributed by atoms with Crippen LogP contribution >= 0.6 is 12.6 Å². The van der Waals surface area contributed by atoms with Crippen molar-refractivity contribution in [1.29, 1.82) is 0 Å². The Kier molecular flexibility index (Phi) is 4.00. The van der Waals surface area contributed by atoms with Crippen LogP contribution in [-0.4, -0.2) is 16.3 Å². The highest BCUT2D eigenvalue weighted by Gasteiger charge is 2.02. The third kappa shape index (κ3) is 2.77. The highest BCUT2D eigenvalue weighted by atomic mass is 32.1. The normalized spacial score (nSPS) is 10.2. The van der Waals surface area contributed by atoms with E-state index in [1.54, 1.807) is 6.92 Å². The smallest absolute Gasteiger partial charge is 0.382 e. The van der Waals surface area contributed by atoms with Crippen molar-refractivity contribution in [1.82, 2.24) is 9.71 Å². The van der Waals surface area contributed by atoms with Gasteiger partial charge in [0.2, 0.25) is 0 Å². The van der Waals surface area contributed by atoms with E-state index in [1.807, 2.05) is 0 Å². The third-order valence-corrected chi connectivity index (χ3v) is 2.13. The molecule has 0 aliphatic carbocycles. The summed E-state index contributed by atoms with van der Waals surface area (Å²) in [5.41, 5.74) is 0.223. The third-order valence-electron chi connectivity index (χ3n) is 1.70. The summed E-state index contributed by atoms with van der Waals surface area (Å²) >= 11 is 4.01. The van der Waals surface area contributed by atoms with Gasteiger partial charge in [-0.15, -0.1) is 17.4 Å². The van der Waals surface area contributed by atoms with Gasteiger partial charge in [0.05, 0.1) is 0 Å². The average Bonchev–Trinajstić information content (AvgIpc) is 2.14. The molecule has 0 saturated carbocycles. The van der Waals surface area contributed by atoms with Crippen molar-refractivity contribution in [3.8, 4) is 0 Å². The standard InChI is InChI=1S/C9H13N2O2S/c1-3-4-5-13-11-6-7(2)8(14)10-9(11)12/h3-5H2,1-2H3,(H,10,12,14). The van der Waals surface area contributed by atoms with Gasteiger partial charge in [0, 0.05) is 5.56 Å². The summed E-state index contributed by atoms with van der Waals surface area (Å²) in [5.74, 6) is 0. The first-order valence-electron chi connectivity index (χ1n) is 4.50. The van der Waals surface area contributed by atoms with Crippen LogP contribution in [0, 0.1) is 13.1 Å². The van der Waals surface area contributed by atoms with Crippen molar-refractivity contribution in [2.45, 2.75) is 31.7 Å². The van der Waals surface area contributed by atoms with Gasteiger partial charge < -0.3 is 4.84 Å². The van der Waals surface area contributed by atoms with E-state index in [1.165, 1.54) is 0 Å². The lowest BCUT2D eigenvalue weighted by Crippen LogP contribution is -2.30. The molecular formula is C9H13N2O2S. The van der Waals surface area contributed by atoms with Crippen molar-refractivity contribution in [2.24, 2.45) is 0 Å². The first-order valence-corrected chi connectivity index (χ1v) is 4.95. The van der Waals surface area contributed by atoms with Crippen LogP contribution in [0.5, 0.6) is 0 Å². The molecule has 0 saturated heterocycles. The predicted octanol–water partition coefficient (Wildman–Crippen LogP) is 0.869. The molecule has 0 unspecified atom stereocenters. The molecule has 0 aliphatic rings. The summed E-state index contributed by atoms with van der Waals surface area (Å²) in [4.78, 5) is 20.1. The van der Waals surface area contributed by atoms with Crippen LogP contribution in [0.2, 0.25) is 0 Å². The summed E-state index contributed by atoms with van der Waals surface area (Å²) in [7, 11) is 0. The Bertz CT molecular complexity index is 362. The van der Waals surface area contributed by atoms with E-state index in [9.17, 15) is 4.79 Å². The van der Waals surface area contributed by atoms with Gasteiger partial charge in [-0.25, -0.2) is 4.79 Å². The fourth-order valence-electron chi connectivity index (χ4n) is 0.858. The Hall–Kier alpha value is -0.970. The number of hydrogen-bond acceptors (Lipinski definition) is 4. The van der Waals surface area contributed by atoms with Crippen molar-refractivity contribution in [3.63, 3.8) is 0 Å². The quantitative estimate of drug-likeness (QED) is 0.458. The molecular weight excluding hydrogens is 200 g/mol. The number of thiol groups is 1. The van der Waals surface area contributed by atoms with Gasteiger partial charge in [0.25, 0.3) is 0 Å². The van der Waals surface area contributed by atoms with E-state index in [0.29, 0.717) is 17.2 Å². The molecule has 14 heavy (non-hydrogen) atoms. The van der Waals surface area contributed by atoms with Gasteiger partial charge in [0.15, 0.2) is 0 Å². The largest absolute Gasteiger partial charge is 0.409 e. The molecule has 0 fully saturated rings. The van der Waals surface area contributed by atoms with Crippen LogP contribution in [-0.2, 0) is 0 Å². The van der Waals surface area contributed by atoms with Crippen molar-refractivity contribution >= 4 is 12.6 Å². The molecule has 1 heterocycles. The molecule has 1 aromatic heterocycles. The van der Waals surface area contributed by atoms with Gasteiger partial charge >= 0.3 is 5.69 Å². The fourth-order valence-corrected chi connectivity index (χ4v) is 0.993. The first-order chi connectivity index (χ1) is 6.65. The van der Waals surface area contributed by atoms with E-state index >= 15 is 0 Å². The van der Waals surface area contributed by atoms with Gasteiger partial charge in [-0.05, 0) is 13.3 Å². The molecule has 5 heteroatoms. The first kappa shape index (κ1) is 11.1. The number of hydrogen-bond donors (Lipinski definition) is 1. The molecule has 0 N–H and O–H groups in total. The summed E-state index contributed by atoms with van der Waals surface area (Å²) < 4.78 is 1.03. The Labute approximate surface area is 88.3 Å². The molecule has 0 aromatic carbocycles. The molecule has 1 radical (unpaired) electrons. The topological polar surface area (TPSA) is 44.1 Å². The zero-order chi connectivity index (χ0) is 10.6. The van der Waals surface area contributed by atoms with E-state index < -0.39 is 5.69 Å². The van der Waals surface area contributed by atoms with Gasteiger partial charge in [0.1, 0.15) is 17.8 Å². The van der Waals surface area contributed by atoms with Crippen molar-refractivity contribution in [2.75, 3.05) is 6.61 Å². The number of unbranched alkanes of at least 4 members (excludes halogenated alkanes) is 1. The van der Waals surface area contributed by atoms with Crippen LogP contribution in [0.3, 0.4) is 0 Å². The van der Waals surface area contributed by atoms with Crippen LogP contribution in [0.4, 0.5) is 0 Å². The molecule has 1 rings (SSSR count). The number of rotatable bonds is 4. The highest BCUT2D eigenvalue weighted by Crippen LogP contribution is 2.03. The Morgan fingerprint density at radius 1 is 1.64 bits per heavy atom. The maximum atomic E-state index is 11.2. The maximum absolute atomic E-state index is 11.2. The van der Waals surface area contributed by atoms with Crippen molar-refractivity contribution in [3.05, 3.63) is 22.2 Å². The molecule has 4 nitrogen and oxygen atoms in total. The van der Waals surface area contributed by atoms with Gasteiger partial charge in [-0.1, -0.05) is 13.3 Å². The summed E-state index contributed by atoms with van der Waals surface area (Å²) in [5, 5.41) is 0.394. The van der Waals surface area contributed by atoms with E-state index in [0.717, 1.165) is 17.6 Å². The highest BCUT2D eigenvalue weighted by molar-refractivity contribution is 7.80. The summed E-state index contributed by atoms with van der Waals surface area (Å²) in [6.45, 7) is 4.32. The minimum absolute atomic E-state index is 0.394. The zero-order valence-corrected chi connectivity index (χ0v) is 9.17. The Balaban J connectivity index is 2.77. The minimum Gasteiger partial charge on any atom is -0.409 e. The number of aryl methyl sites for hydroxylation is 1. The Morgan fingerprint density at radius 3 is 3.00 bits per heavy atom. The lowest BCUT2D eigenvalue weighted by molar-refractivity contribution is 0.0929. The van der Waals surface area contributed by atoms with E-state index in [2.05, 4.69) is 30.7 Å². The van der Waals surface area contributed by atoms with Crippen LogP contribution < -0.4 is 10.5 Å². The molecule has 0 bridgehead atoms. The monoisotopic (exact) mass is 213 g/mol. The molecule has 0 spiro atoms. The number of aromatic nitrogens is 2.